The van der Waals surface area contributed by atoms with Gasteiger partial charge in [0.1, 0.15) is 18.4 Å². The molecule has 0 saturated heterocycles. The molecule has 1 aliphatic carbocycles. The molecule has 7 nitrogen and oxygen atoms in total. The van der Waals surface area contributed by atoms with Crippen molar-refractivity contribution in [3.8, 4) is 0 Å². The Bertz CT molecular complexity index is 1820. The van der Waals surface area contributed by atoms with E-state index in [0.29, 0.717) is 10.6 Å². The number of carbonyl (C=O) groups is 2. The van der Waals surface area contributed by atoms with E-state index in [1.54, 1.807) is 42.5 Å². The first-order chi connectivity index (χ1) is 23.0. The summed E-state index contributed by atoms with van der Waals surface area (Å²) in [7, 11) is -4.34. The van der Waals surface area contributed by atoms with Crippen LogP contribution in [0.15, 0.2) is 102 Å². The molecular weight excluding hydrogens is 672 g/mol. The van der Waals surface area contributed by atoms with Crippen molar-refractivity contribution in [3.05, 3.63) is 130 Å². The Labute approximate surface area is 291 Å². The molecule has 0 radical (unpaired) electrons. The molecule has 1 saturated carbocycles. The van der Waals surface area contributed by atoms with Crippen molar-refractivity contribution in [1.29, 1.82) is 0 Å². The molecule has 48 heavy (non-hydrogen) atoms. The van der Waals surface area contributed by atoms with Gasteiger partial charge in [0.15, 0.2) is 0 Å². The number of rotatable bonds is 12. The molecule has 0 heterocycles. The second-order valence-corrected chi connectivity index (χ2v) is 14.8. The van der Waals surface area contributed by atoms with E-state index in [1.165, 1.54) is 17.0 Å². The minimum atomic E-state index is -4.34. The van der Waals surface area contributed by atoms with Gasteiger partial charge in [0.2, 0.25) is 11.8 Å². The van der Waals surface area contributed by atoms with Crippen LogP contribution in [0.4, 0.5) is 10.1 Å². The minimum Gasteiger partial charge on any atom is -0.352 e. The van der Waals surface area contributed by atoms with Gasteiger partial charge in [-0.25, -0.2) is 12.8 Å². The number of carbonyl (C=O) groups excluding carboxylic acids is 2. The van der Waals surface area contributed by atoms with Crippen molar-refractivity contribution in [2.75, 3.05) is 10.8 Å². The highest BCUT2D eigenvalue weighted by Gasteiger charge is 2.35. The Morgan fingerprint density at radius 1 is 0.854 bits per heavy atom. The third-order valence-corrected chi connectivity index (χ3v) is 11.1. The monoisotopic (exact) mass is 709 g/mol. The van der Waals surface area contributed by atoms with Gasteiger partial charge in [-0.15, -0.1) is 0 Å². The average Bonchev–Trinajstić information content (AvgIpc) is 3.08. The van der Waals surface area contributed by atoms with Crippen LogP contribution >= 0.6 is 23.2 Å². The number of aryl methyl sites for hydroxylation is 1. The molecule has 0 aliphatic heterocycles. The lowest BCUT2D eigenvalue weighted by atomic mass is 9.94. The van der Waals surface area contributed by atoms with E-state index in [0.717, 1.165) is 59.7 Å². The molecule has 0 bridgehead atoms. The van der Waals surface area contributed by atoms with Crippen LogP contribution in [0.5, 0.6) is 0 Å². The highest BCUT2D eigenvalue weighted by Crippen LogP contribution is 2.28. The molecule has 0 aromatic heterocycles. The molecule has 2 amide bonds. The summed E-state index contributed by atoms with van der Waals surface area (Å²) in [5.74, 6) is -1.51. The van der Waals surface area contributed by atoms with E-state index in [2.05, 4.69) is 5.32 Å². The van der Waals surface area contributed by atoms with E-state index in [-0.39, 0.29) is 40.5 Å². The fraction of sp³-hybridized carbons (Fsp3) is 0.297. The zero-order chi connectivity index (χ0) is 34.3. The zero-order valence-electron chi connectivity index (χ0n) is 26.6. The standard InChI is InChI=1S/C37H38Cl2FN3O4S/c1-26-12-17-31(18-13-26)43(48(46,47)32-19-15-29(40)16-20-32)25-36(44)42(24-28-14-21-33(38)34(39)22-28)35(23-27-8-4-2-5-9-27)37(45)41-30-10-6-3-7-11-30/h2,4-5,8-9,12-22,30,35H,3,6-7,10-11,23-25H2,1H3,(H,41,45). The number of amides is 2. The predicted octanol–water partition coefficient (Wildman–Crippen LogP) is 7.73. The van der Waals surface area contributed by atoms with E-state index < -0.39 is 34.3 Å². The van der Waals surface area contributed by atoms with Crippen molar-refractivity contribution in [2.45, 2.75) is 69.0 Å². The van der Waals surface area contributed by atoms with Crippen molar-refractivity contribution >= 4 is 50.7 Å². The van der Waals surface area contributed by atoms with Crippen LogP contribution in [-0.2, 0) is 32.6 Å². The van der Waals surface area contributed by atoms with Gasteiger partial charge in [0.05, 0.1) is 20.6 Å². The van der Waals surface area contributed by atoms with Gasteiger partial charge in [-0.05, 0) is 79.4 Å². The van der Waals surface area contributed by atoms with E-state index in [1.807, 2.05) is 37.3 Å². The van der Waals surface area contributed by atoms with Crippen molar-refractivity contribution in [2.24, 2.45) is 0 Å². The van der Waals surface area contributed by atoms with Gasteiger partial charge >= 0.3 is 0 Å². The van der Waals surface area contributed by atoms with Crippen LogP contribution in [0.1, 0.15) is 48.8 Å². The summed E-state index contributed by atoms with van der Waals surface area (Å²) in [6.45, 7) is 1.21. The van der Waals surface area contributed by atoms with Gasteiger partial charge < -0.3 is 10.2 Å². The van der Waals surface area contributed by atoms with Crippen molar-refractivity contribution < 1.29 is 22.4 Å². The topological polar surface area (TPSA) is 86.8 Å². The Morgan fingerprint density at radius 2 is 1.52 bits per heavy atom. The maximum atomic E-state index is 14.6. The molecular formula is C37H38Cl2FN3O4S. The van der Waals surface area contributed by atoms with Gasteiger partial charge in [-0.3, -0.25) is 13.9 Å². The Kier molecular flexibility index (Phi) is 11.8. The van der Waals surface area contributed by atoms with Crippen LogP contribution in [-0.4, -0.2) is 43.8 Å². The molecule has 0 spiro atoms. The molecule has 1 N–H and O–H groups in total. The first-order valence-corrected chi connectivity index (χ1v) is 18.1. The number of nitrogens with zero attached hydrogens (tertiary/aromatic N) is 2. The molecule has 1 atom stereocenters. The second-order valence-electron chi connectivity index (χ2n) is 12.1. The summed E-state index contributed by atoms with van der Waals surface area (Å²) in [6, 6.07) is 24.5. The van der Waals surface area contributed by atoms with Crippen LogP contribution in [0.3, 0.4) is 0 Å². The average molecular weight is 711 g/mol. The molecule has 5 rings (SSSR count). The number of hydrogen-bond acceptors (Lipinski definition) is 4. The lowest BCUT2D eigenvalue weighted by Crippen LogP contribution is -2.55. The Hall–Kier alpha value is -3.92. The number of hydrogen-bond donors (Lipinski definition) is 1. The minimum absolute atomic E-state index is 0.0191. The number of sulfonamides is 1. The number of benzene rings is 4. The van der Waals surface area contributed by atoms with Crippen LogP contribution in [0.25, 0.3) is 0 Å². The third kappa shape index (κ3) is 8.95. The predicted molar refractivity (Wildman–Crippen MR) is 188 cm³/mol. The smallest absolute Gasteiger partial charge is 0.264 e. The summed E-state index contributed by atoms with van der Waals surface area (Å²) in [4.78, 5) is 30.1. The molecule has 1 unspecified atom stereocenters. The van der Waals surface area contributed by atoms with E-state index in [9.17, 15) is 22.4 Å². The summed E-state index contributed by atoms with van der Waals surface area (Å²) < 4.78 is 43.0. The third-order valence-electron chi connectivity index (χ3n) is 8.56. The fourth-order valence-electron chi connectivity index (χ4n) is 5.91. The molecule has 4 aromatic carbocycles. The molecule has 1 fully saturated rings. The van der Waals surface area contributed by atoms with E-state index >= 15 is 0 Å². The lowest BCUT2D eigenvalue weighted by molar-refractivity contribution is -0.140. The van der Waals surface area contributed by atoms with Crippen LogP contribution in [0, 0.1) is 12.7 Å². The van der Waals surface area contributed by atoms with Gasteiger partial charge in [-0.1, -0.05) is 96.6 Å². The highest BCUT2D eigenvalue weighted by atomic mass is 35.5. The summed E-state index contributed by atoms with van der Waals surface area (Å²) in [5.41, 5.74) is 2.60. The number of anilines is 1. The van der Waals surface area contributed by atoms with Gasteiger partial charge in [-0.2, -0.15) is 0 Å². The van der Waals surface area contributed by atoms with E-state index in [4.69, 9.17) is 23.2 Å². The summed E-state index contributed by atoms with van der Waals surface area (Å²) in [6.07, 6.45) is 5.02. The van der Waals surface area contributed by atoms with Crippen molar-refractivity contribution in [1.82, 2.24) is 10.2 Å². The van der Waals surface area contributed by atoms with Crippen LogP contribution in [0.2, 0.25) is 10.0 Å². The molecule has 252 valence electrons. The molecule has 1 aliphatic rings. The lowest BCUT2D eigenvalue weighted by Gasteiger charge is -2.35. The first kappa shape index (κ1) is 35.4. The Morgan fingerprint density at radius 3 is 2.17 bits per heavy atom. The maximum absolute atomic E-state index is 14.6. The number of halogens is 3. The maximum Gasteiger partial charge on any atom is 0.264 e. The molecule has 4 aromatic rings. The summed E-state index contributed by atoms with van der Waals surface area (Å²) >= 11 is 12.6. The Balaban J connectivity index is 1.57. The van der Waals surface area contributed by atoms with Crippen molar-refractivity contribution in [3.63, 3.8) is 0 Å². The number of nitrogens with one attached hydrogen (secondary N) is 1. The normalized spacial score (nSPS) is 14.2. The van der Waals surface area contributed by atoms with Gasteiger partial charge in [0, 0.05) is 19.0 Å². The SMILES string of the molecule is Cc1ccc(N(CC(=O)N(Cc2ccc(Cl)c(Cl)c2)C(Cc2ccccc2)C(=O)NC2CCCCC2)S(=O)(=O)c2ccc(F)cc2)cc1. The van der Waals surface area contributed by atoms with Gasteiger partial charge in [0.25, 0.3) is 10.0 Å². The fourth-order valence-corrected chi connectivity index (χ4v) is 7.64. The zero-order valence-corrected chi connectivity index (χ0v) is 28.9. The largest absolute Gasteiger partial charge is 0.352 e. The highest BCUT2D eigenvalue weighted by molar-refractivity contribution is 7.92. The molecule has 11 heteroatoms. The second kappa shape index (κ2) is 16.0. The first-order valence-electron chi connectivity index (χ1n) is 15.9. The van der Waals surface area contributed by atoms with Crippen LogP contribution < -0.4 is 9.62 Å². The summed E-state index contributed by atoms with van der Waals surface area (Å²) in [5, 5.41) is 3.81. The quantitative estimate of drug-likeness (QED) is 0.163.